The van der Waals surface area contributed by atoms with Gasteiger partial charge in [-0.3, -0.25) is 10.7 Å². The first kappa shape index (κ1) is 15.9. The van der Waals surface area contributed by atoms with Crippen LogP contribution in [0.1, 0.15) is 18.4 Å². The number of nitrogens with one attached hydrogen (secondary N) is 1. The summed E-state index contributed by atoms with van der Waals surface area (Å²) in [6, 6.07) is 2.89. The monoisotopic (exact) mass is 333 g/mol. The highest BCUT2D eigenvalue weighted by molar-refractivity contribution is 5.73. The molecule has 23 heavy (non-hydrogen) atoms. The lowest BCUT2D eigenvalue weighted by atomic mass is 9.76. The molecule has 1 unspecified atom stereocenters. The maximum atomic E-state index is 14.3. The highest BCUT2D eigenvalue weighted by Crippen LogP contribution is 2.53. The zero-order chi connectivity index (χ0) is 16.8. The second-order valence-electron chi connectivity index (χ2n) is 5.84. The van der Waals surface area contributed by atoms with E-state index >= 15 is 0 Å². The minimum absolute atomic E-state index is 0.0794. The predicted molar refractivity (Wildman–Crippen MR) is 73.6 cm³/mol. The second kappa shape index (κ2) is 5.26. The molecule has 1 aromatic rings. The van der Waals surface area contributed by atoms with Crippen molar-refractivity contribution >= 4 is 11.7 Å². The highest BCUT2D eigenvalue weighted by atomic mass is 19.3. The van der Waals surface area contributed by atoms with Crippen LogP contribution in [0.15, 0.2) is 23.2 Å². The molecular weight excluding hydrogens is 318 g/mol. The maximum Gasteiger partial charge on any atom is 0.283 e. The standard InChI is InChI=1S/C14H15F4N3O2/c15-6-14(8-3-7(21-22)1-2-10(8)16)9-4-13(17,18)5-11(9)23-12(19)20-14/h1-3,9,11,21-22H,4-6H2,(H2,19,20)/t9?,11-,14-/m1/s1. The molecule has 126 valence electrons. The summed E-state index contributed by atoms with van der Waals surface area (Å²) in [6.07, 6.45) is -2.37. The zero-order valence-corrected chi connectivity index (χ0v) is 11.9. The molecule has 1 fully saturated rings. The van der Waals surface area contributed by atoms with Gasteiger partial charge >= 0.3 is 0 Å². The fraction of sp³-hybridized carbons (Fsp3) is 0.500. The Morgan fingerprint density at radius 1 is 1.39 bits per heavy atom. The van der Waals surface area contributed by atoms with Crippen molar-refractivity contribution in [3.05, 3.63) is 29.6 Å². The van der Waals surface area contributed by atoms with Crippen molar-refractivity contribution < 1.29 is 27.5 Å². The first-order valence-electron chi connectivity index (χ1n) is 6.97. The highest BCUT2D eigenvalue weighted by Gasteiger charge is 2.60. The van der Waals surface area contributed by atoms with Crippen molar-refractivity contribution in [2.75, 3.05) is 12.2 Å². The normalized spacial score (nSPS) is 32.0. The molecule has 0 saturated heterocycles. The van der Waals surface area contributed by atoms with Crippen LogP contribution in [0.4, 0.5) is 23.2 Å². The smallest absolute Gasteiger partial charge is 0.283 e. The molecule has 4 N–H and O–H groups in total. The third-order valence-electron chi connectivity index (χ3n) is 4.43. The Morgan fingerprint density at radius 2 is 2.13 bits per heavy atom. The first-order valence-corrected chi connectivity index (χ1v) is 6.97. The van der Waals surface area contributed by atoms with E-state index in [1.807, 2.05) is 5.48 Å². The number of rotatable bonds is 3. The third kappa shape index (κ3) is 2.48. The summed E-state index contributed by atoms with van der Waals surface area (Å²) in [5, 5.41) is 8.96. The number of hydrogen-bond donors (Lipinski definition) is 3. The summed E-state index contributed by atoms with van der Waals surface area (Å²) >= 11 is 0. The van der Waals surface area contributed by atoms with Crippen molar-refractivity contribution in [3.63, 3.8) is 0 Å². The number of aliphatic imine (C=N–C) groups is 1. The van der Waals surface area contributed by atoms with Gasteiger partial charge in [-0.1, -0.05) is 0 Å². The number of benzene rings is 1. The maximum absolute atomic E-state index is 14.3. The van der Waals surface area contributed by atoms with Crippen LogP contribution in [0.2, 0.25) is 0 Å². The van der Waals surface area contributed by atoms with Gasteiger partial charge in [0.2, 0.25) is 0 Å². The molecule has 3 atom stereocenters. The Kier molecular flexibility index (Phi) is 3.62. The Balaban J connectivity index is 2.17. The van der Waals surface area contributed by atoms with Crippen LogP contribution in [-0.2, 0) is 10.3 Å². The van der Waals surface area contributed by atoms with Gasteiger partial charge in [0.05, 0.1) is 5.69 Å². The van der Waals surface area contributed by atoms with Gasteiger partial charge in [0.1, 0.15) is 24.1 Å². The molecule has 3 rings (SSSR count). The predicted octanol–water partition coefficient (Wildman–Crippen LogP) is 2.55. The van der Waals surface area contributed by atoms with Crippen molar-refractivity contribution in [2.45, 2.75) is 30.4 Å². The Morgan fingerprint density at radius 3 is 2.78 bits per heavy atom. The van der Waals surface area contributed by atoms with Crippen LogP contribution in [0.3, 0.4) is 0 Å². The molecule has 0 bridgehead atoms. The number of nitrogens with zero attached hydrogens (tertiary/aromatic N) is 1. The lowest BCUT2D eigenvalue weighted by molar-refractivity contribution is -0.00299. The summed E-state index contributed by atoms with van der Waals surface area (Å²) < 4.78 is 60.9. The van der Waals surface area contributed by atoms with Crippen molar-refractivity contribution in [1.29, 1.82) is 0 Å². The average Bonchev–Trinajstić information content (AvgIpc) is 2.81. The number of hydrogen-bond acceptors (Lipinski definition) is 5. The van der Waals surface area contributed by atoms with E-state index < -0.39 is 54.8 Å². The van der Waals surface area contributed by atoms with Gasteiger partial charge in [0.25, 0.3) is 11.9 Å². The van der Waals surface area contributed by atoms with Crippen molar-refractivity contribution in [1.82, 2.24) is 0 Å². The van der Waals surface area contributed by atoms with Crippen LogP contribution < -0.4 is 11.2 Å². The molecule has 1 heterocycles. The van der Waals surface area contributed by atoms with Gasteiger partial charge in [-0.25, -0.2) is 22.6 Å². The molecule has 0 aromatic heterocycles. The number of fused-ring (bicyclic) bond motifs is 1. The van der Waals surface area contributed by atoms with Crippen LogP contribution in [-0.4, -0.2) is 29.9 Å². The summed E-state index contributed by atoms with van der Waals surface area (Å²) in [7, 11) is 0. The van der Waals surface area contributed by atoms with E-state index in [0.29, 0.717) is 0 Å². The van der Waals surface area contributed by atoms with Crippen LogP contribution >= 0.6 is 0 Å². The fourth-order valence-electron chi connectivity index (χ4n) is 3.42. The number of nitrogens with two attached hydrogens (primary N) is 1. The van der Waals surface area contributed by atoms with E-state index in [-0.39, 0.29) is 11.3 Å². The molecule has 1 aliphatic heterocycles. The number of ether oxygens (including phenoxy) is 1. The summed E-state index contributed by atoms with van der Waals surface area (Å²) in [5.74, 6) is -4.97. The molecular formula is C14H15F4N3O2. The van der Waals surface area contributed by atoms with Crippen molar-refractivity contribution in [2.24, 2.45) is 16.6 Å². The third-order valence-corrected chi connectivity index (χ3v) is 4.43. The van der Waals surface area contributed by atoms with Gasteiger partial charge < -0.3 is 10.5 Å². The van der Waals surface area contributed by atoms with E-state index in [1.54, 1.807) is 0 Å². The number of alkyl halides is 3. The van der Waals surface area contributed by atoms with E-state index in [2.05, 4.69) is 4.99 Å². The van der Waals surface area contributed by atoms with Gasteiger partial charge in [-0.2, -0.15) is 0 Å². The topological polar surface area (TPSA) is 79.9 Å². The fourth-order valence-corrected chi connectivity index (χ4v) is 3.42. The van der Waals surface area contributed by atoms with Crippen LogP contribution in [0.5, 0.6) is 0 Å². The minimum atomic E-state index is -3.07. The molecule has 0 spiro atoms. The van der Waals surface area contributed by atoms with Gasteiger partial charge in [-0.05, 0) is 18.2 Å². The molecule has 2 aliphatic rings. The van der Waals surface area contributed by atoms with Gasteiger partial charge in [0, 0.05) is 24.3 Å². The van der Waals surface area contributed by atoms with E-state index in [0.717, 1.165) is 12.1 Å². The number of amidine groups is 1. The average molecular weight is 333 g/mol. The van der Waals surface area contributed by atoms with E-state index in [4.69, 9.17) is 15.7 Å². The molecule has 0 radical (unpaired) electrons. The molecule has 0 amide bonds. The number of halogens is 4. The Hall–Kier alpha value is -2.03. The lowest BCUT2D eigenvalue weighted by Gasteiger charge is -2.40. The zero-order valence-electron chi connectivity index (χ0n) is 11.9. The molecule has 5 nitrogen and oxygen atoms in total. The molecule has 1 aromatic carbocycles. The minimum Gasteiger partial charge on any atom is -0.461 e. The van der Waals surface area contributed by atoms with E-state index in [1.165, 1.54) is 6.07 Å². The number of anilines is 1. The van der Waals surface area contributed by atoms with Gasteiger partial charge in [-0.15, -0.1) is 0 Å². The lowest BCUT2D eigenvalue weighted by Crippen LogP contribution is -2.48. The van der Waals surface area contributed by atoms with Gasteiger partial charge in [0.15, 0.2) is 0 Å². The second-order valence-corrected chi connectivity index (χ2v) is 5.84. The Labute approximate surface area is 129 Å². The van der Waals surface area contributed by atoms with Crippen LogP contribution in [0, 0.1) is 11.7 Å². The molecule has 9 heteroatoms. The van der Waals surface area contributed by atoms with E-state index in [9.17, 15) is 17.6 Å². The van der Waals surface area contributed by atoms with Crippen LogP contribution in [0.25, 0.3) is 0 Å². The van der Waals surface area contributed by atoms with Crippen molar-refractivity contribution in [3.8, 4) is 0 Å². The first-order chi connectivity index (χ1) is 10.8. The molecule has 1 saturated carbocycles. The SMILES string of the molecule is NC1=N[C@](CF)(c2cc(NO)ccc2F)C2CC(F)(F)C[C@H]2O1. The molecule has 1 aliphatic carbocycles. The summed E-state index contributed by atoms with van der Waals surface area (Å²) in [6.45, 7) is -1.22. The largest absolute Gasteiger partial charge is 0.461 e. The quantitative estimate of drug-likeness (QED) is 0.587. The summed E-state index contributed by atoms with van der Waals surface area (Å²) in [5.41, 5.74) is 5.25. The summed E-state index contributed by atoms with van der Waals surface area (Å²) in [4.78, 5) is 3.86. The Bertz CT molecular complexity index is 655.